The van der Waals surface area contributed by atoms with Crippen LogP contribution in [0.25, 0.3) is 0 Å². The van der Waals surface area contributed by atoms with E-state index in [1.165, 1.54) is 6.26 Å². The monoisotopic (exact) mass is 342 g/mol. The van der Waals surface area contributed by atoms with E-state index < -0.39 is 0 Å². The van der Waals surface area contributed by atoms with Crippen LogP contribution in [0.15, 0.2) is 47.2 Å². The van der Waals surface area contributed by atoms with Crippen LogP contribution >= 0.6 is 0 Å². The lowest BCUT2D eigenvalue weighted by molar-refractivity contribution is -0.121. The van der Waals surface area contributed by atoms with Crippen LogP contribution in [0.1, 0.15) is 22.7 Å². The van der Waals surface area contributed by atoms with Crippen LogP contribution in [0.4, 0.5) is 0 Å². The Morgan fingerprint density at radius 3 is 2.64 bits per heavy atom. The van der Waals surface area contributed by atoms with E-state index in [0.717, 1.165) is 18.8 Å². The molecular weight excluding hydrogens is 320 g/mol. The second-order valence-corrected chi connectivity index (χ2v) is 5.96. The third-order valence-corrected chi connectivity index (χ3v) is 4.24. The second-order valence-electron chi connectivity index (χ2n) is 5.96. The molecule has 0 aliphatic carbocycles. The lowest BCUT2D eigenvalue weighted by Crippen LogP contribution is -2.49. The quantitative estimate of drug-likeness (QED) is 0.852. The summed E-state index contributed by atoms with van der Waals surface area (Å²) in [4.78, 5) is 32.3. The summed E-state index contributed by atoms with van der Waals surface area (Å²) >= 11 is 0. The molecule has 0 saturated carbocycles. The number of carbonyl (C=O) groups is 2. The molecule has 2 aromatic heterocycles. The zero-order valence-corrected chi connectivity index (χ0v) is 14.1. The molecule has 2 aromatic rings. The molecule has 0 aromatic carbocycles. The smallest absolute Gasteiger partial charge is 0.289 e. The Kier molecular flexibility index (Phi) is 5.79. The molecule has 7 heteroatoms. The molecule has 25 heavy (non-hydrogen) atoms. The standard InChI is InChI=1S/C18H22N4O3/c23-17(20-14-15-4-1-2-7-19-15)6-8-21-9-11-22(12-10-21)18(24)16-5-3-13-25-16/h1-5,7,13H,6,8-12,14H2,(H,20,23). The molecule has 1 aliphatic rings. The molecule has 0 radical (unpaired) electrons. The van der Waals surface area contributed by atoms with Gasteiger partial charge in [-0.15, -0.1) is 0 Å². The van der Waals surface area contributed by atoms with E-state index in [4.69, 9.17) is 4.42 Å². The zero-order valence-electron chi connectivity index (χ0n) is 14.1. The maximum Gasteiger partial charge on any atom is 0.289 e. The number of pyridine rings is 1. The summed E-state index contributed by atoms with van der Waals surface area (Å²) in [7, 11) is 0. The Balaban J connectivity index is 1.35. The van der Waals surface area contributed by atoms with E-state index in [-0.39, 0.29) is 11.8 Å². The summed E-state index contributed by atoms with van der Waals surface area (Å²) in [5.41, 5.74) is 0.848. The molecule has 7 nitrogen and oxygen atoms in total. The summed E-state index contributed by atoms with van der Waals surface area (Å²) in [6, 6.07) is 9.03. The first-order valence-electron chi connectivity index (χ1n) is 8.44. The molecule has 1 fully saturated rings. The minimum absolute atomic E-state index is 0.0137. The Hall–Kier alpha value is -2.67. The topological polar surface area (TPSA) is 78.7 Å². The highest BCUT2D eigenvalue weighted by Crippen LogP contribution is 2.09. The fraction of sp³-hybridized carbons (Fsp3) is 0.389. The van der Waals surface area contributed by atoms with Gasteiger partial charge >= 0.3 is 0 Å². The van der Waals surface area contributed by atoms with Gasteiger partial charge in [-0.2, -0.15) is 0 Å². The van der Waals surface area contributed by atoms with Gasteiger partial charge in [-0.05, 0) is 24.3 Å². The molecular formula is C18H22N4O3. The number of aromatic nitrogens is 1. The van der Waals surface area contributed by atoms with Gasteiger partial charge in [0, 0.05) is 45.3 Å². The van der Waals surface area contributed by atoms with Crippen LogP contribution in [0.3, 0.4) is 0 Å². The molecule has 1 aliphatic heterocycles. The van der Waals surface area contributed by atoms with Gasteiger partial charge in [-0.1, -0.05) is 6.07 Å². The molecule has 3 heterocycles. The van der Waals surface area contributed by atoms with E-state index in [2.05, 4.69) is 15.2 Å². The second kappa shape index (κ2) is 8.43. The molecule has 1 saturated heterocycles. The van der Waals surface area contributed by atoms with Crippen LogP contribution in [-0.2, 0) is 11.3 Å². The number of nitrogens with one attached hydrogen (secondary N) is 1. The van der Waals surface area contributed by atoms with Gasteiger partial charge in [-0.25, -0.2) is 0 Å². The van der Waals surface area contributed by atoms with Crippen LogP contribution in [-0.4, -0.2) is 59.3 Å². The van der Waals surface area contributed by atoms with Crippen molar-refractivity contribution in [2.45, 2.75) is 13.0 Å². The van der Waals surface area contributed by atoms with Gasteiger partial charge in [-0.3, -0.25) is 19.5 Å². The Morgan fingerprint density at radius 2 is 1.96 bits per heavy atom. The number of amides is 2. The lowest BCUT2D eigenvalue weighted by atomic mass is 10.2. The van der Waals surface area contributed by atoms with Crippen LogP contribution < -0.4 is 5.32 Å². The number of carbonyl (C=O) groups excluding carboxylic acids is 2. The molecule has 0 atom stereocenters. The highest BCUT2D eigenvalue weighted by Gasteiger charge is 2.23. The van der Waals surface area contributed by atoms with Crippen molar-refractivity contribution in [2.75, 3.05) is 32.7 Å². The highest BCUT2D eigenvalue weighted by molar-refractivity contribution is 5.91. The Morgan fingerprint density at radius 1 is 1.12 bits per heavy atom. The maximum absolute atomic E-state index is 12.2. The average Bonchev–Trinajstić information content (AvgIpc) is 3.20. The van der Waals surface area contributed by atoms with E-state index in [1.54, 1.807) is 23.2 Å². The number of hydrogen-bond acceptors (Lipinski definition) is 5. The first-order valence-corrected chi connectivity index (χ1v) is 8.44. The van der Waals surface area contributed by atoms with Crippen molar-refractivity contribution in [3.63, 3.8) is 0 Å². The van der Waals surface area contributed by atoms with Gasteiger partial charge in [0.05, 0.1) is 18.5 Å². The first-order chi connectivity index (χ1) is 12.2. The first kappa shape index (κ1) is 17.2. The molecule has 0 unspecified atom stereocenters. The minimum atomic E-state index is -0.0715. The fourth-order valence-electron chi connectivity index (χ4n) is 2.77. The van der Waals surface area contributed by atoms with Crippen molar-refractivity contribution in [1.29, 1.82) is 0 Å². The average molecular weight is 342 g/mol. The van der Waals surface area contributed by atoms with Crippen LogP contribution in [0.2, 0.25) is 0 Å². The summed E-state index contributed by atoms with van der Waals surface area (Å²) in [5, 5.41) is 2.88. The third kappa shape index (κ3) is 4.90. The van der Waals surface area contributed by atoms with E-state index in [1.807, 2.05) is 18.2 Å². The van der Waals surface area contributed by atoms with Crippen molar-refractivity contribution >= 4 is 11.8 Å². The van der Waals surface area contributed by atoms with Crippen molar-refractivity contribution in [3.05, 3.63) is 54.2 Å². The summed E-state index contributed by atoms with van der Waals surface area (Å²) in [6.45, 7) is 3.96. The summed E-state index contributed by atoms with van der Waals surface area (Å²) in [5.74, 6) is 0.319. The predicted octanol–water partition coefficient (Wildman–Crippen LogP) is 1.14. The van der Waals surface area contributed by atoms with Gasteiger partial charge in [0.25, 0.3) is 5.91 Å². The van der Waals surface area contributed by atoms with Gasteiger partial charge in [0.15, 0.2) is 5.76 Å². The highest BCUT2D eigenvalue weighted by atomic mass is 16.3. The summed E-state index contributed by atoms with van der Waals surface area (Å²) < 4.78 is 5.15. The molecule has 132 valence electrons. The van der Waals surface area contributed by atoms with Crippen molar-refractivity contribution in [2.24, 2.45) is 0 Å². The SMILES string of the molecule is O=C(CCN1CCN(C(=O)c2ccco2)CC1)NCc1ccccn1. The third-order valence-electron chi connectivity index (χ3n) is 4.24. The molecule has 0 spiro atoms. The van der Waals surface area contributed by atoms with E-state index in [0.29, 0.717) is 38.4 Å². The number of furan rings is 1. The zero-order chi connectivity index (χ0) is 17.5. The van der Waals surface area contributed by atoms with E-state index in [9.17, 15) is 9.59 Å². The van der Waals surface area contributed by atoms with E-state index >= 15 is 0 Å². The molecule has 1 N–H and O–H groups in total. The molecule has 0 bridgehead atoms. The van der Waals surface area contributed by atoms with Crippen molar-refractivity contribution < 1.29 is 14.0 Å². The maximum atomic E-state index is 12.2. The predicted molar refractivity (Wildman–Crippen MR) is 91.8 cm³/mol. The van der Waals surface area contributed by atoms with Crippen LogP contribution in [0.5, 0.6) is 0 Å². The number of hydrogen-bond donors (Lipinski definition) is 1. The summed E-state index contributed by atoms with van der Waals surface area (Å²) in [6.07, 6.45) is 3.66. The van der Waals surface area contributed by atoms with Gasteiger partial charge in [0.1, 0.15) is 0 Å². The van der Waals surface area contributed by atoms with Crippen LogP contribution in [0, 0.1) is 0 Å². The number of rotatable bonds is 6. The largest absolute Gasteiger partial charge is 0.459 e. The minimum Gasteiger partial charge on any atom is -0.459 e. The molecule has 3 rings (SSSR count). The lowest BCUT2D eigenvalue weighted by Gasteiger charge is -2.34. The molecule has 2 amide bonds. The Bertz CT molecular complexity index is 680. The van der Waals surface area contributed by atoms with Crippen molar-refractivity contribution in [1.82, 2.24) is 20.1 Å². The van der Waals surface area contributed by atoms with Gasteiger partial charge < -0.3 is 14.6 Å². The van der Waals surface area contributed by atoms with Gasteiger partial charge in [0.2, 0.25) is 5.91 Å². The number of piperazine rings is 1. The fourth-order valence-corrected chi connectivity index (χ4v) is 2.77. The number of nitrogens with zero attached hydrogens (tertiary/aromatic N) is 3. The van der Waals surface area contributed by atoms with Crippen molar-refractivity contribution in [3.8, 4) is 0 Å². The Labute approximate surface area is 146 Å². The normalized spacial score (nSPS) is 15.1.